The smallest absolute Gasteiger partial charge is 0.408 e. The number of nitrogens with one attached hydrogen (secondary N) is 2. The first-order chi connectivity index (χ1) is 20.3. The van der Waals surface area contributed by atoms with E-state index in [0.29, 0.717) is 42.5 Å². The molecular formula is C34H33F2N3O3. The molecule has 4 fully saturated rings. The monoisotopic (exact) mass is 569 g/mol. The molecule has 4 saturated carbocycles. The molecule has 8 heteroatoms. The Balaban J connectivity index is 0.973. The van der Waals surface area contributed by atoms with Gasteiger partial charge in [-0.1, -0.05) is 48.5 Å². The summed E-state index contributed by atoms with van der Waals surface area (Å²) in [4.78, 5) is 28.7. The van der Waals surface area contributed by atoms with Crippen LogP contribution in [0.2, 0.25) is 0 Å². The van der Waals surface area contributed by atoms with Gasteiger partial charge in [0.2, 0.25) is 5.91 Å². The maximum atomic E-state index is 13.7. The van der Waals surface area contributed by atoms with Crippen molar-refractivity contribution in [2.45, 2.75) is 62.4 Å². The minimum atomic E-state index is -0.619. The maximum Gasteiger partial charge on any atom is 0.408 e. The summed E-state index contributed by atoms with van der Waals surface area (Å²) < 4.78 is 33.7. The lowest BCUT2D eigenvalue weighted by Crippen LogP contribution is -2.77. The van der Waals surface area contributed by atoms with E-state index < -0.39 is 17.7 Å². The number of fused-ring (bicyclic) bond motifs is 2. The number of carbonyl (C=O) groups is 2. The van der Waals surface area contributed by atoms with Crippen LogP contribution in [0, 0.1) is 28.9 Å². The van der Waals surface area contributed by atoms with Gasteiger partial charge in [0.25, 0.3) is 0 Å². The van der Waals surface area contributed by atoms with Crippen molar-refractivity contribution in [2.24, 2.45) is 17.3 Å². The Morgan fingerprint density at radius 1 is 0.857 bits per heavy atom. The normalized spacial score (nSPS) is 31.3. The second-order valence-electron chi connectivity index (χ2n) is 13.1. The van der Waals surface area contributed by atoms with Gasteiger partial charge >= 0.3 is 6.09 Å². The van der Waals surface area contributed by atoms with Crippen LogP contribution in [-0.2, 0) is 22.6 Å². The number of ether oxygens (including phenoxy) is 1. The molecule has 1 spiro atoms. The standard InChI is InChI=1S/C34H33F2N3O3/c35-27-9-5-21(6-10-27)30(22-7-11-28(36)12-8-22)38-31(41)42-32-14-25-13-26-15-33(19-32,34(25,26)20-32)37-16-29(40)39-17-23-3-1-2-4-24(23)18-39/h1-12,25-26,30,37H,13-20H2,(H,38,41). The van der Waals surface area contributed by atoms with E-state index in [9.17, 15) is 18.4 Å². The Labute approximate surface area is 243 Å². The third kappa shape index (κ3) is 3.77. The molecular weight excluding hydrogens is 536 g/mol. The van der Waals surface area contributed by atoms with Crippen LogP contribution in [0.15, 0.2) is 72.8 Å². The van der Waals surface area contributed by atoms with Crippen LogP contribution in [0.5, 0.6) is 0 Å². The second kappa shape index (κ2) is 9.11. The van der Waals surface area contributed by atoms with Gasteiger partial charge in [0.05, 0.1) is 12.6 Å². The molecule has 2 bridgehead atoms. The summed E-state index contributed by atoms with van der Waals surface area (Å²) >= 11 is 0. The van der Waals surface area contributed by atoms with E-state index in [2.05, 4.69) is 22.8 Å². The molecule has 6 nitrogen and oxygen atoms in total. The predicted octanol–water partition coefficient (Wildman–Crippen LogP) is 5.61. The SMILES string of the molecule is O=C(NC(c1ccc(F)cc1)c1ccc(F)cc1)OC12CC3CC4CC(NCC(=O)N5Cc6ccccc6C5)(C1)C34C2. The van der Waals surface area contributed by atoms with E-state index in [0.717, 1.165) is 25.7 Å². The van der Waals surface area contributed by atoms with Crippen LogP contribution in [0.4, 0.5) is 13.6 Å². The highest BCUT2D eigenvalue weighted by molar-refractivity contribution is 5.79. The van der Waals surface area contributed by atoms with Crippen molar-refractivity contribution in [3.63, 3.8) is 0 Å². The minimum Gasteiger partial charge on any atom is -0.443 e. The molecule has 3 aromatic carbocycles. The highest BCUT2D eigenvalue weighted by Gasteiger charge is 2.85. The lowest BCUT2D eigenvalue weighted by atomic mass is 9.35. The van der Waals surface area contributed by atoms with Crippen LogP contribution in [0.25, 0.3) is 0 Å². The average molecular weight is 570 g/mol. The third-order valence-electron chi connectivity index (χ3n) is 11.1. The van der Waals surface area contributed by atoms with Gasteiger partial charge in [0.15, 0.2) is 0 Å². The molecule has 5 aliphatic rings. The average Bonchev–Trinajstić information content (AvgIpc) is 3.61. The second-order valence-corrected chi connectivity index (χ2v) is 13.1. The zero-order valence-electron chi connectivity index (χ0n) is 23.2. The number of benzene rings is 3. The van der Waals surface area contributed by atoms with E-state index in [1.807, 2.05) is 17.0 Å². The van der Waals surface area contributed by atoms with Crippen molar-refractivity contribution in [2.75, 3.05) is 6.54 Å². The van der Waals surface area contributed by atoms with Gasteiger partial charge in [-0.05, 0) is 89.5 Å². The fourth-order valence-corrected chi connectivity index (χ4v) is 9.46. The number of carbonyl (C=O) groups excluding carboxylic acids is 2. The molecule has 0 radical (unpaired) electrons. The summed E-state index contributed by atoms with van der Waals surface area (Å²) in [5, 5.41) is 6.70. The molecule has 42 heavy (non-hydrogen) atoms. The van der Waals surface area contributed by atoms with Gasteiger partial charge < -0.3 is 20.3 Å². The van der Waals surface area contributed by atoms with E-state index in [4.69, 9.17) is 4.74 Å². The summed E-state index contributed by atoms with van der Waals surface area (Å²) in [6.07, 6.45) is 3.98. The summed E-state index contributed by atoms with van der Waals surface area (Å²) in [6.45, 7) is 1.59. The van der Waals surface area contributed by atoms with Crippen LogP contribution in [0.1, 0.15) is 60.4 Å². The summed E-state index contributed by atoms with van der Waals surface area (Å²) in [7, 11) is 0. The molecule has 2 N–H and O–H groups in total. The van der Waals surface area contributed by atoms with Crippen molar-refractivity contribution >= 4 is 12.0 Å². The quantitative estimate of drug-likeness (QED) is 0.388. The first kappa shape index (κ1) is 25.9. The molecule has 4 aliphatic carbocycles. The largest absolute Gasteiger partial charge is 0.443 e. The highest BCUT2D eigenvalue weighted by atomic mass is 19.1. The van der Waals surface area contributed by atoms with E-state index in [1.165, 1.54) is 35.4 Å². The van der Waals surface area contributed by atoms with E-state index >= 15 is 0 Å². The van der Waals surface area contributed by atoms with E-state index in [-0.39, 0.29) is 35.0 Å². The number of hydrogen-bond donors (Lipinski definition) is 2. The van der Waals surface area contributed by atoms with Crippen molar-refractivity contribution < 1.29 is 23.1 Å². The molecule has 5 atom stereocenters. The van der Waals surface area contributed by atoms with Crippen LogP contribution >= 0.6 is 0 Å². The maximum absolute atomic E-state index is 13.7. The molecule has 0 aromatic heterocycles. The Morgan fingerprint density at radius 2 is 1.45 bits per heavy atom. The van der Waals surface area contributed by atoms with Gasteiger partial charge in [-0.2, -0.15) is 0 Å². The summed E-state index contributed by atoms with van der Waals surface area (Å²) in [6, 6.07) is 19.4. The molecule has 2 amide bonds. The predicted molar refractivity (Wildman–Crippen MR) is 151 cm³/mol. The lowest BCUT2D eigenvalue weighted by molar-refractivity contribution is -0.211. The van der Waals surface area contributed by atoms with Crippen molar-refractivity contribution in [1.29, 1.82) is 0 Å². The number of halogens is 2. The van der Waals surface area contributed by atoms with Gasteiger partial charge in [-0.15, -0.1) is 0 Å². The molecule has 3 aromatic rings. The van der Waals surface area contributed by atoms with Crippen LogP contribution < -0.4 is 10.6 Å². The fourth-order valence-electron chi connectivity index (χ4n) is 9.46. The minimum absolute atomic E-state index is 0.0921. The van der Waals surface area contributed by atoms with Crippen molar-refractivity contribution in [3.05, 3.63) is 107 Å². The summed E-state index contributed by atoms with van der Waals surface area (Å²) in [5.74, 6) is 0.457. The van der Waals surface area contributed by atoms with Crippen LogP contribution in [-0.4, -0.2) is 34.6 Å². The van der Waals surface area contributed by atoms with Gasteiger partial charge in [-0.25, -0.2) is 13.6 Å². The van der Waals surface area contributed by atoms with Crippen LogP contribution in [0.3, 0.4) is 0 Å². The molecule has 1 heterocycles. The number of nitrogens with zero attached hydrogens (tertiary/aromatic N) is 1. The molecule has 0 saturated heterocycles. The Hall–Kier alpha value is -3.78. The molecule has 5 unspecified atom stereocenters. The van der Waals surface area contributed by atoms with E-state index in [1.54, 1.807) is 24.3 Å². The van der Waals surface area contributed by atoms with Gasteiger partial charge in [0.1, 0.15) is 17.2 Å². The zero-order valence-corrected chi connectivity index (χ0v) is 23.2. The Morgan fingerprint density at radius 3 is 2.05 bits per heavy atom. The number of amides is 2. The Kier molecular flexibility index (Phi) is 5.61. The van der Waals surface area contributed by atoms with Gasteiger partial charge in [-0.3, -0.25) is 4.79 Å². The molecule has 8 rings (SSSR count). The third-order valence-corrected chi connectivity index (χ3v) is 11.1. The first-order valence-electron chi connectivity index (χ1n) is 14.9. The lowest BCUT2D eigenvalue weighted by Gasteiger charge is -2.72. The summed E-state index contributed by atoms with van der Waals surface area (Å²) in [5.41, 5.74) is 3.09. The van der Waals surface area contributed by atoms with Crippen molar-refractivity contribution in [3.8, 4) is 0 Å². The van der Waals surface area contributed by atoms with Crippen molar-refractivity contribution in [1.82, 2.24) is 15.5 Å². The molecule has 216 valence electrons. The zero-order chi connectivity index (χ0) is 28.7. The molecule has 1 aliphatic heterocycles. The Bertz CT molecular complexity index is 1510. The topological polar surface area (TPSA) is 70.7 Å². The highest BCUT2D eigenvalue weighted by Crippen LogP contribution is 2.84. The number of hydrogen-bond acceptors (Lipinski definition) is 4. The fraction of sp³-hybridized carbons (Fsp3) is 0.412. The number of rotatable bonds is 7. The number of alkyl carbamates (subject to hydrolysis) is 1. The first-order valence-corrected chi connectivity index (χ1v) is 14.9. The van der Waals surface area contributed by atoms with Gasteiger partial charge in [0, 0.05) is 25.0 Å².